The molecule has 4 aromatic rings. The van der Waals surface area contributed by atoms with E-state index in [2.05, 4.69) is 24.9 Å². The number of nitrogens with zero attached hydrogens (tertiary/aromatic N) is 6. The molecule has 0 atom stereocenters. The Hall–Kier alpha value is -2.26. The first-order valence-electron chi connectivity index (χ1n) is 6.00. The van der Waals surface area contributed by atoms with E-state index in [4.69, 9.17) is 0 Å². The minimum atomic E-state index is -0.350. The summed E-state index contributed by atoms with van der Waals surface area (Å²) in [5, 5.41) is 17.3. The zero-order valence-electron chi connectivity index (χ0n) is 10.7. The van der Waals surface area contributed by atoms with Crippen LogP contribution >= 0.6 is 22.9 Å². The molecule has 0 saturated carbocycles. The number of halogens is 1. The lowest BCUT2D eigenvalue weighted by atomic mass is 10.2. The summed E-state index contributed by atoms with van der Waals surface area (Å²) in [7, 11) is 0. The maximum Gasteiger partial charge on any atom is 0.235 e. The van der Waals surface area contributed by atoms with Crippen LogP contribution < -0.4 is 0 Å². The molecule has 1 aromatic carbocycles. The van der Waals surface area contributed by atoms with Crippen LogP contribution in [0.4, 0.5) is 4.39 Å². The highest BCUT2D eigenvalue weighted by atomic mass is 32.1. The van der Waals surface area contributed by atoms with Gasteiger partial charge in [-0.1, -0.05) is 28.0 Å². The number of aromatic nitrogens is 6. The van der Waals surface area contributed by atoms with Crippen LogP contribution in [0.25, 0.3) is 26.2 Å². The van der Waals surface area contributed by atoms with E-state index in [-0.39, 0.29) is 5.82 Å². The largest absolute Gasteiger partial charge is 0.235 e. The van der Waals surface area contributed by atoms with E-state index in [1.807, 2.05) is 6.92 Å². The van der Waals surface area contributed by atoms with Gasteiger partial charge in [-0.05, 0) is 30.6 Å². The number of fused-ring (bicyclic) bond motifs is 1. The van der Waals surface area contributed by atoms with Crippen molar-refractivity contribution >= 4 is 27.8 Å². The average molecular weight is 318 g/mol. The monoisotopic (exact) mass is 318 g/mol. The van der Waals surface area contributed by atoms with Crippen molar-refractivity contribution in [2.75, 3.05) is 0 Å². The number of hydrogen-bond donors (Lipinski definition) is 0. The standard InChI is InChI=1S/C12H7FN6S2/c1-6-9(21-18-14-6)11-17-19-10(15-16-12(19)20-11)7-4-2-3-5-8(7)13/h2-5H,1H3. The lowest BCUT2D eigenvalue weighted by Crippen LogP contribution is -1.93. The van der Waals surface area contributed by atoms with E-state index in [9.17, 15) is 4.39 Å². The summed E-state index contributed by atoms with van der Waals surface area (Å²) >= 11 is 2.65. The molecular formula is C12H7FN6S2. The second-order valence-electron chi connectivity index (χ2n) is 4.29. The molecule has 0 bridgehead atoms. The second kappa shape index (κ2) is 4.64. The smallest absolute Gasteiger partial charge is 0.206 e. The molecule has 4 rings (SSSR count). The van der Waals surface area contributed by atoms with Crippen LogP contribution in [-0.4, -0.2) is 29.4 Å². The van der Waals surface area contributed by atoms with Crippen LogP contribution in [0.5, 0.6) is 0 Å². The summed E-state index contributed by atoms with van der Waals surface area (Å²) in [6, 6.07) is 6.44. The molecule has 0 aliphatic carbocycles. The topological polar surface area (TPSA) is 68.9 Å². The van der Waals surface area contributed by atoms with Crippen LogP contribution in [0.15, 0.2) is 24.3 Å². The van der Waals surface area contributed by atoms with Gasteiger partial charge >= 0.3 is 0 Å². The van der Waals surface area contributed by atoms with E-state index >= 15 is 0 Å². The third-order valence-corrected chi connectivity index (χ3v) is 4.83. The van der Waals surface area contributed by atoms with Gasteiger partial charge in [-0.2, -0.15) is 9.61 Å². The predicted octanol–water partition coefficient (Wildman–Crippen LogP) is 2.82. The molecule has 104 valence electrons. The molecule has 9 heteroatoms. The van der Waals surface area contributed by atoms with Gasteiger partial charge in [0.05, 0.1) is 11.3 Å². The maximum absolute atomic E-state index is 13.9. The van der Waals surface area contributed by atoms with Gasteiger partial charge in [-0.3, -0.25) is 0 Å². The fourth-order valence-electron chi connectivity index (χ4n) is 1.95. The molecule has 0 unspecified atom stereocenters. The fraction of sp³-hybridized carbons (Fsp3) is 0.0833. The van der Waals surface area contributed by atoms with Crippen molar-refractivity contribution in [3.63, 3.8) is 0 Å². The molecule has 21 heavy (non-hydrogen) atoms. The Morgan fingerprint density at radius 3 is 2.76 bits per heavy atom. The summed E-state index contributed by atoms with van der Waals surface area (Å²) in [6.45, 7) is 1.87. The Labute approximate surface area is 126 Å². The van der Waals surface area contributed by atoms with Crippen molar-refractivity contribution in [2.45, 2.75) is 6.92 Å². The van der Waals surface area contributed by atoms with E-state index < -0.39 is 0 Å². The Morgan fingerprint density at radius 2 is 2.00 bits per heavy atom. The molecule has 0 amide bonds. The lowest BCUT2D eigenvalue weighted by molar-refractivity contribution is 0.629. The van der Waals surface area contributed by atoms with E-state index in [1.54, 1.807) is 22.7 Å². The SMILES string of the molecule is Cc1nnsc1-c1nn2c(-c3ccccc3F)nnc2s1. The molecule has 0 aliphatic heterocycles. The Kier molecular flexibility index (Phi) is 2.76. The van der Waals surface area contributed by atoms with Gasteiger partial charge in [0.2, 0.25) is 4.96 Å². The first kappa shape index (κ1) is 12.5. The zero-order valence-corrected chi connectivity index (χ0v) is 12.3. The molecule has 6 nitrogen and oxygen atoms in total. The van der Waals surface area contributed by atoms with E-state index in [0.717, 1.165) is 15.6 Å². The molecule has 0 saturated heterocycles. The van der Waals surface area contributed by atoms with Crippen molar-refractivity contribution in [1.29, 1.82) is 0 Å². The van der Waals surface area contributed by atoms with Crippen LogP contribution in [0.1, 0.15) is 5.69 Å². The number of aryl methyl sites for hydroxylation is 1. The molecule has 0 spiro atoms. The van der Waals surface area contributed by atoms with Crippen molar-refractivity contribution in [2.24, 2.45) is 0 Å². The summed E-state index contributed by atoms with van der Waals surface area (Å²) in [4.78, 5) is 1.50. The lowest BCUT2D eigenvalue weighted by Gasteiger charge is -1.98. The van der Waals surface area contributed by atoms with Crippen molar-refractivity contribution < 1.29 is 4.39 Å². The summed E-state index contributed by atoms with van der Waals surface area (Å²) in [5.74, 6) is 0.0396. The first-order valence-corrected chi connectivity index (χ1v) is 7.59. The highest BCUT2D eigenvalue weighted by Crippen LogP contribution is 2.31. The second-order valence-corrected chi connectivity index (χ2v) is 6.00. The molecule has 3 aromatic heterocycles. The zero-order chi connectivity index (χ0) is 14.4. The summed E-state index contributed by atoms with van der Waals surface area (Å²) in [5.41, 5.74) is 1.19. The van der Waals surface area contributed by atoms with Gasteiger partial charge in [-0.15, -0.1) is 15.3 Å². The normalized spacial score (nSPS) is 11.3. The van der Waals surface area contributed by atoms with Gasteiger partial charge in [-0.25, -0.2) is 4.39 Å². The third kappa shape index (κ3) is 1.93. The molecule has 0 fully saturated rings. The van der Waals surface area contributed by atoms with Gasteiger partial charge in [0.25, 0.3) is 0 Å². The molecular weight excluding hydrogens is 311 g/mol. The van der Waals surface area contributed by atoms with E-state index in [0.29, 0.717) is 16.3 Å². The van der Waals surface area contributed by atoms with Gasteiger partial charge in [0.1, 0.15) is 10.7 Å². The van der Waals surface area contributed by atoms with Gasteiger partial charge in [0, 0.05) is 0 Å². The molecule has 0 radical (unpaired) electrons. The Bertz CT molecular complexity index is 940. The van der Waals surface area contributed by atoms with Gasteiger partial charge in [0.15, 0.2) is 10.8 Å². The van der Waals surface area contributed by atoms with E-state index in [1.165, 1.54) is 28.9 Å². The van der Waals surface area contributed by atoms with Crippen LogP contribution in [0.2, 0.25) is 0 Å². The minimum Gasteiger partial charge on any atom is -0.206 e. The maximum atomic E-state index is 13.9. The molecule has 0 aliphatic rings. The Balaban J connectivity index is 1.91. The predicted molar refractivity (Wildman–Crippen MR) is 77.7 cm³/mol. The minimum absolute atomic E-state index is 0.350. The van der Waals surface area contributed by atoms with Gasteiger partial charge < -0.3 is 0 Å². The van der Waals surface area contributed by atoms with Crippen molar-refractivity contribution in [3.8, 4) is 21.3 Å². The highest BCUT2D eigenvalue weighted by Gasteiger charge is 2.18. The fourth-order valence-corrected chi connectivity index (χ4v) is 3.55. The number of benzene rings is 1. The van der Waals surface area contributed by atoms with Crippen LogP contribution in [-0.2, 0) is 0 Å². The van der Waals surface area contributed by atoms with Crippen molar-refractivity contribution in [3.05, 3.63) is 35.8 Å². The summed E-state index contributed by atoms with van der Waals surface area (Å²) in [6.07, 6.45) is 0. The highest BCUT2D eigenvalue weighted by molar-refractivity contribution is 7.23. The van der Waals surface area contributed by atoms with Crippen molar-refractivity contribution in [1.82, 2.24) is 29.4 Å². The van der Waals surface area contributed by atoms with Crippen LogP contribution in [0.3, 0.4) is 0 Å². The Morgan fingerprint density at radius 1 is 1.14 bits per heavy atom. The quantitative estimate of drug-likeness (QED) is 0.568. The summed E-state index contributed by atoms with van der Waals surface area (Å²) < 4.78 is 19.4. The van der Waals surface area contributed by atoms with Crippen LogP contribution in [0, 0.1) is 12.7 Å². The average Bonchev–Trinajstić information content (AvgIpc) is 3.14. The number of hydrogen-bond acceptors (Lipinski definition) is 7. The molecule has 3 heterocycles. The first-order chi connectivity index (χ1) is 10.2. The number of rotatable bonds is 2. The third-order valence-electron chi connectivity index (χ3n) is 2.95. The molecule has 0 N–H and O–H groups in total.